The van der Waals surface area contributed by atoms with Gasteiger partial charge in [0.15, 0.2) is 0 Å². The smallest absolute Gasteiger partial charge is 0.251 e. The van der Waals surface area contributed by atoms with Gasteiger partial charge in [0.2, 0.25) is 0 Å². The molecule has 3 unspecified atom stereocenters. The van der Waals surface area contributed by atoms with Gasteiger partial charge in [0.1, 0.15) is 0 Å². The molecule has 0 spiro atoms. The molecule has 2 aliphatic heterocycles. The van der Waals surface area contributed by atoms with E-state index < -0.39 is 0 Å². The Morgan fingerprint density at radius 1 is 1.23 bits per heavy atom. The molecule has 2 aromatic carbocycles. The summed E-state index contributed by atoms with van der Waals surface area (Å²) in [5.74, 6) is 0.785. The molecule has 2 saturated heterocycles. The Hall–Kier alpha value is -2.07. The number of carbonyl (C=O) groups is 1. The van der Waals surface area contributed by atoms with Crippen LogP contribution < -0.4 is 11.1 Å². The van der Waals surface area contributed by atoms with Gasteiger partial charge in [-0.15, -0.1) is 0 Å². The molecule has 0 aliphatic carbocycles. The first-order valence-electron chi connectivity index (χ1n) is 8.00. The minimum atomic E-state index is 0.0248. The van der Waals surface area contributed by atoms with Gasteiger partial charge in [-0.1, -0.05) is 18.2 Å². The Labute approximate surface area is 130 Å². The summed E-state index contributed by atoms with van der Waals surface area (Å²) in [4.78, 5) is 15.0. The summed E-state index contributed by atoms with van der Waals surface area (Å²) in [6, 6.07) is 11.8. The maximum atomic E-state index is 12.5. The van der Waals surface area contributed by atoms with E-state index in [0.717, 1.165) is 35.3 Å². The molecule has 0 radical (unpaired) electrons. The first kappa shape index (κ1) is 13.6. The zero-order chi connectivity index (χ0) is 15.1. The number of fused-ring (bicyclic) bond motifs is 3. The number of benzene rings is 2. The summed E-state index contributed by atoms with van der Waals surface area (Å²) in [5, 5.41) is 5.22. The third kappa shape index (κ3) is 2.44. The Kier molecular flexibility index (Phi) is 3.26. The molecule has 4 heteroatoms. The summed E-state index contributed by atoms with van der Waals surface area (Å²) in [5.41, 5.74) is 7.43. The summed E-state index contributed by atoms with van der Waals surface area (Å²) in [6.07, 6.45) is 2.39. The lowest BCUT2D eigenvalue weighted by Gasteiger charge is -2.30. The molecule has 2 bridgehead atoms. The van der Waals surface area contributed by atoms with Crippen molar-refractivity contribution in [2.45, 2.75) is 18.9 Å². The predicted molar refractivity (Wildman–Crippen MR) is 88.8 cm³/mol. The molecular formula is C18H21N3O. The van der Waals surface area contributed by atoms with Crippen LogP contribution in [-0.2, 0) is 0 Å². The van der Waals surface area contributed by atoms with Crippen LogP contribution in [0.15, 0.2) is 36.4 Å². The molecular weight excluding hydrogens is 274 g/mol. The number of nitrogens with two attached hydrogens (primary N) is 1. The number of nitrogens with zero attached hydrogens (tertiary/aromatic N) is 1. The van der Waals surface area contributed by atoms with E-state index >= 15 is 0 Å². The van der Waals surface area contributed by atoms with E-state index in [4.69, 9.17) is 5.73 Å². The highest BCUT2D eigenvalue weighted by molar-refractivity contribution is 6.01. The van der Waals surface area contributed by atoms with E-state index in [2.05, 4.69) is 10.2 Å². The van der Waals surface area contributed by atoms with Crippen molar-refractivity contribution in [3.05, 3.63) is 42.0 Å². The first-order chi connectivity index (χ1) is 10.7. The fourth-order valence-corrected chi connectivity index (χ4v) is 3.88. The van der Waals surface area contributed by atoms with Crippen LogP contribution in [-0.4, -0.2) is 36.5 Å². The zero-order valence-electron chi connectivity index (χ0n) is 12.6. The normalized spacial score (nSPS) is 27.0. The second-order valence-corrected chi connectivity index (χ2v) is 6.60. The Morgan fingerprint density at radius 2 is 2.14 bits per heavy atom. The van der Waals surface area contributed by atoms with Gasteiger partial charge in [-0.3, -0.25) is 4.79 Å². The average Bonchev–Trinajstić information content (AvgIpc) is 2.86. The molecule has 0 aromatic heterocycles. The van der Waals surface area contributed by atoms with Crippen molar-refractivity contribution >= 4 is 22.4 Å². The largest absolute Gasteiger partial charge is 0.398 e. The molecule has 2 aromatic rings. The van der Waals surface area contributed by atoms with Crippen molar-refractivity contribution in [1.29, 1.82) is 0 Å². The van der Waals surface area contributed by atoms with Crippen LogP contribution >= 0.6 is 0 Å². The van der Waals surface area contributed by atoms with Gasteiger partial charge in [-0.05, 0) is 48.9 Å². The lowest BCUT2D eigenvalue weighted by atomic mass is 9.96. The highest BCUT2D eigenvalue weighted by Gasteiger charge is 2.32. The molecule has 2 heterocycles. The number of piperidine rings is 1. The topological polar surface area (TPSA) is 58.4 Å². The fourth-order valence-electron chi connectivity index (χ4n) is 3.88. The van der Waals surface area contributed by atoms with Crippen LogP contribution in [0, 0.1) is 5.92 Å². The Balaban J connectivity index is 1.53. The molecule has 2 aliphatic rings. The highest BCUT2D eigenvalue weighted by Crippen LogP contribution is 2.27. The summed E-state index contributed by atoms with van der Waals surface area (Å²) >= 11 is 0. The van der Waals surface area contributed by atoms with Crippen LogP contribution in [0.2, 0.25) is 0 Å². The van der Waals surface area contributed by atoms with Gasteiger partial charge in [-0.2, -0.15) is 0 Å². The first-order valence-corrected chi connectivity index (χ1v) is 8.00. The number of nitrogens with one attached hydrogen (secondary N) is 1. The van der Waals surface area contributed by atoms with E-state index in [1.165, 1.54) is 19.5 Å². The predicted octanol–water partition coefficient (Wildman–Crippen LogP) is 2.25. The SMILES string of the molecule is Nc1cccc2cc(C(=O)NC3CC4CCN(C4)C3)ccc12. The lowest BCUT2D eigenvalue weighted by Crippen LogP contribution is -2.47. The quantitative estimate of drug-likeness (QED) is 0.835. The molecule has 114 valence electrons. The molecule has 4 rings (SSSR count). The Morgan fingerprint density at radius 3 is 3.00 bits per heavy atom. The molecule has 22 heavy (non-hydrogen) atoms. The maximum absolute atomic E-state index is 12.5. The lowest BCUT2D eigenvalue weighted by molar-refractivity contribution is 0.0909. The second-order valence-electron chi connectivity index (χ2n) is 6.60. The number of carbonyl (C=O) groups excluding carboxylic acids is 1. The van der Waals surface area contributed by atoms with Crippen LogP contribution in [0.1, 0.15) is 23.2 Å². The summed E-state index contributed by atoms with van der Waals surface area (Å²) in [7, 11) is 0. The van der Waals surface area contributed by atoms with Crippen molar-refractivity contribution < 1.29 is 4.79 Å². The number of rotatable bonds is 2. The van der Waals surface area contributed by atoms with Crippen molar-refractivity contribution in [1.82, 2.24) is 10.2 Å². The number of hydrogen-bond donors (Lipinski definition) is 2. The average molecular weight is 295 g/mol. The standard InChI is InChI=1S/C18H21N3O/c19-17-3-1-2-13-9-14(4-5-16(13)17)18(22)20-15-8-12-6-7-21(10-12)11-15/h1-5,9,12,15H,6-8,10-11,19H2,(H,20,22). The number of nitrogen functional groups attached to an aromatic ring is 1. The van der Waals surface area contributed by atoms with Gasteiger partial charge in [0.05, 0.1) is 0 Å². The maximum Gasteiger partial charge on any atom is 0.251 e. The van der Waals surface area contributed by atoms with Gasteiger partial charge in [0, 0.05) is 35.8 Å². The monoisotopic (exact) mass is 295 g/mol. The third-order valence-corrected chi connectivity index (χ3v) is 4.98. The van der Waals surface area contributed by atoms with Gasteiger partial charge in [0.25, 0.3) is 5.91 Å². The van der Waals surface area contributed by atoms with Gasteiger partial charge in [-0.25, -0.2) is 0 Å². The Bertz CT molecular complexity index is 715. The fraction of sp³-hybridized carbons (Fsp3) is 0.389. The molecule has 0 saturated carbocycles. The molecule has 4 nitrogen and oxygen atoms in total. The van der Waals surface area contributed by atoms with Crippen molar-refractivity contribution in [3.63, 3.8) is 0 Å². The zero-order valence-corrected chi connectivity index (χ0v) is 12.6. The van der Waals surface area contributed by atoms with Crippen LogP contribution in [0.3, 0.4) is 0 Å². The van der Waals surface area contributed by atoms with E-state index in [1.54, 1.807) is 0 Å². The van der Waals surface area contributed by atoms with E-state index in [0.29, 0.717) is 5.56 Å². The minimum Gasteiger partial charge on any atom is -0.398 e. The number of anilines is 1. The molecule has 3 N–H and O–H groups in total. The molecule has 1 amide bonds. The number of hydrogen-bond acceptors (Lipinski definition) is 3. The van der Waals surface area contributed by atoms with Crippen LogP contribution in [0.4, 0.5) is 5.69 Å². The van der Waals surface area contributed by atoms with E-state index in [-0.39, 0.29) is 11.9 Å². The molecule has 2 fully saturated rings. The van der Waals surface area contributed by atoms with E-state index in [9.17, 15) is 4.79 Å². The third-order valence-electron chi connectivity index (χ3n) is 4.98. The van der Waals surface area contributed by atoms with Crippen LogP contribution in [0.5, 0.6) is 0 Å². The van der Waals surface area contributed by atoms with Crippen molar-refractivity contribution in [3.8, 4) is 0 Å². The van der Waals surface area contributed by atoms with Crippen molar-refractivity contribution in [2.75, 3.05) is 25.4 Å². The summed E-state index contributed by atoms with van der Waals surface area (Å²) in [6.45, 7) is 3.39. The summed E-state index contributed by atoms with van der Waals surface area (Å²) < 4.78 is 0. The highest BCUT2D eigenvalue weighted by atomic mass is 16.1. The number of amides is 1. The minimum absolute atomic E-state index is 0.0248. The van der Waals surface area contributed by atoms with E-state index in [1.807, 2.05) is 36.4 Å². The van der Waals surface area contributed by atoms with Gasteiger partial charge >= 0.3 is 0 Å². The van der Waals surface area contributed by atoms with Crippen molar-refractivity contribution in [2.24, 2.45) is 5.92 Å². The second kappa shape index (κ2) is 5.29. The van der Waals surface area contributed by atoms with Gasteiger partial charge < -0.3 is 16.0 Å². The van der Waals surface area contributed by atoms with Crippen LogP contribution in [0.25, 0.3) is 10.8 Å². The molecule has 3 atom stereocenters.